The van der Waals surface area contributed by atoms with Crippen molar-refractivity contribution in [2.24, 2.45) is 27.6 Å². The van der Waals surface area contributed by atoms with Gasteiger partial charge in [0.05, 0.1) is 11.7 Å². The quantitative estimate of drug-likeness (QED) is 0.328. The number of hydrogen-bond donors (Lipinski definition) is 4. The Kier molecular flexibility index (Phi) is 6.36. The highest BCUT2D eigenvalue weighted by atomic mass is 16.3. The van der Waals surface area contributed by atoms with Crippen molar-refractivity contribution in [3.8, 4) is 0 Å². The Morgan fingerprint density at radius 2 is 2.04 bits per heavy atom. The molecule has 0 heterocycles. The Morgan fingerprint density at radius 1 is 1.33 bits per heavy atom. The monoisotopic (exact) mass is 335 g/mol. The summed E-state index contributed by atoms with van der Waals surface area (Å²) >= 11 is 0. The molecule has 0 bridgehead atoms. The van der Waals surface area contributed by atoms with E-state index in [1.54, 1.807) is 6.92 Å². The van der Waals surface area contributed by atoms with Gasteiger partial charge in [-0.1, -0.05) is 6.92 Å². The molecule has 2 saturated carbocycles. The van der Waals surface area contributed by atoms with Crippen molar-refractivity contribution >= 4 is 18.6 Å². The summed E-state index contributed by atoms with van der Waals surface area (Å²) in [5, 5.41) is 16.4. The molecule has 24 heavy (non-hydrogen) atoms. The highest BCUT2D eigenvalue weighted by molar-refractivity contribution is 5.93. The third kappa shape index (κ3) is 5.33. The number of aliphatic hydroxyl groups excluding tert-OH is 1. The van der Waals surface area contributed by atoms with Crippen LogP contribution in [-0.2, 0) is 4.79 Å². The smallest absolute Gasteiger partial charge is 0.247 e. The van der Waals surface area contributed by atoms with Crippen LogP contribution in [0, 0.1) is 11.8 Å². The van der Waals surface area contributed by atoms with E-state index in [-0.39, 0.29) is 12.1 Å². The molecule has 2 aliphatic carbocycles. The number of aliphatic imine (C=N–C) groups is 2. The van der Waals surface area contributed by atoms with Gasteiger partial charge in [0.15, 0.2) is 0 Å². The van der Waals surface area contributed by atoms with E-state index in [1.165, 1.54) is 12.8 Å². The molecule has 7 heteroatoms. The molecule has 0 unspecified atom stereocenters. The first-order valence-corrected chi connectivity index (χ1v) is 8.64. The third-order valence-corrected chi connectivity index (χ3v) is 4.83. The van der Waals surface area contributed by atoms with Gasteiger partial charge in [0.1, 0.15) is 5.82 Å². The van der Waals surface area contributed by atoms with Crippen molar-refractivity contribution in [1.29, 1.82) is 0 Å². The van der Waals surface area contributed by atoms with Crippen molar-refractivity contribution in [1.82, 2.24) is 10.6 Å². The van der Waals surface area contributed by atoms with Crippen molar-refractivity contribution in [2.75, 3.05) is 6.54 Å². The van der Waals surface area contributed by atoms with E-state index in [0.29, 0.717) is 42.2 Å². The van der Waals surface area contributed by atoms with Crippen LogP contribution >= 0.6 is 0 Å². The Morgan fingerprint density at radius 3 is 2.58 bits per heavy atom. The molecule has 0 aromatic heterocycles. The van der Waals surface area contributed by atoms with Gasteiger partial charge in [0.25, 0.3) is 0 Å². The maximum atomic E-state index is 11.6. The van der Waals surface area contributed by atoms with Gasteiger partial charge in [-0.3, -0.25) is 9.79 Å². The molecule has 0 saturated heterocycles. The van der Waals surface area contributed by atoms with Crippen LogP contribution in [0.2, 0.25) is 0 Å². The van der Waals surface area contributed by atoms with E-state index >= 15 is 0 Å². The second-order valence-corrected chi connectivity index (χ2v) is 6.95. The van der Waals surface area contributed by atoms with E-state index in [0.717, 1.165) is 12.8 Å². The number of aliphatic hydroxyl groups is 1. The molecule has 0 aromatic carbocycles. The SMILES string of the molecule is C=NC(=NCC1CC1)N/C(N[C@@H]1CC[C@@H](C)[C@H](O)C1)=C(\C)C(N)=O. The summed E-state index contributed by atoms with van der Waals surface area (Å²) in [6, 6.07) is 0.0718. The van der Waals surface area contributed by atoms with Gasteiger partial charge in [-0.25, -0.2) is 4.99 Å². The maximum Gasteiger partial charge on any atom is 0.247 e. The number of nitrogens with zero attached hydrogens (tertiary/aromatic N) is 2. The lowest BCUT2D eigenvalue weighted by atomic mass is 9.85. The molecule has 5 N–H and O–H groups in total. The lowest BCUT2D eigenvalue weighted by Gasteiger charge is -2.33. The van der Waals surface area contributed by atoms with Crippen LogP contribution in [0.3, 0.4) is 0 Å². The van der Waals surface area contributed by atoms with Crippen molar-refractivity contribution in [2.45, 2.75) is 58.1 Å². The van der Waals surface area contributed by atoms with Crippen LogP contribution in [0.1, 0.15) is 46.0 Å². The number of guanidine groups is 1. The Balaban J connectivity index is 2.07. The molecule has 2 aliphatic rings. The van der Waals surface area contributed by atoms with Crippen LogP contribution in [0.15, 0.2) is 21.4 Å². The maximum absolute atomic E-state index is 11.6. The van der Waals surface area contributed by atoms with E-state index in [4.69, 9.17) is 5.73 Å². The lowest BCUT2D eigenvalue weighted by molar-refractivity contribution is -0.114. The van der Waals surface area contributed by atoms with E-state index in [9.17, 15) is 9.90 Å². The average Bonchev–Trinajstić information content (AvgIpc) is 3.37. The van der Waals surface area contributed by atoms with Gasteiger partial charge in [0, 0.05) is 12.6 Å². The number of nitrogens with one attached hydrogen (secondary N) is 2. The minimum absolute atomic E-state index is 0.0718. The predicted octanol–water partition coefficient (Wildman–Crippen LogP) is 0.899. The molecule has 2 fully saturated rings. The minimum atomic E-state index is -0.514. The molecule has 0 radical (unpaired) electrons. The van der Waals surface area contributed by atoms with Crippen molar-refractivity contribution < 1.29 is 9.90 Å². The fraction of sp³-hybridized carbons (Fsp3) is 0.706. The predicted molar refractivity (Wildman–Crippen MR) is 95.6 cm³/mol. The second kappa shape index (κ2) is 8.28. The zero-order valence-electron chi connectivity index (χ0n) is 14.6. The van der Waals surface area contributed by atoms with Crippen LogP contribution in [0.25, 0.3) is 0 Å². The lowest BCUT2D eigenvalue weighted by Crippen LogP contribution is -2.44. The molecule has 3 atom stereocenters. The Labute approximate surface area is 143 Å². The zero-order valence-corrected chi connectivity index (χ0v) is 14.6. The topological polar surface area (TPSA) is 112 Å². The standard InChI is InChI=1S/C17H29N5O2/c1-10-4-7-13(8-14(10)23)21-16(11(2)15(18)24)22-17(19-3)20-9-12-5-6-12/h10,12-14,21,23H,3-9H2,1-2H3,(H2,18,24)(H,20,22)/b16-11+/t10-,13-,14-/m1/s1. The van der Waals surface area contributed by atoms with Crippen molar-refractivity contribution in [3.63, 3.8) is 0 Å². The largest absolute Gasteiger partial charge is 0.393 e. The molecular weight excluding hydrogens is 306 g/mol. The molecular formula is C17H29N5O2. The van der Waals surface area contributed by atoms with Crippen molar-refractivity contribution in [3.05, 3.63) is 11.4 Å². The molecule has 0 spiro atoms. The number of rotatable bonds is 6. The average molecular weight is 335 g/mol. The summed E-state index contributed by atoms with van der Waals surface area (Å²) in [5.41, 5.74) is 5.81. The number of primary amides is 1. The first kappa shape index (κ1) is 18.4. The van der Waals surface area contributed by atoms with Gasteiger partial charge >= 0.3 is 0 Å². The number of nitrogens with two attached hydrogens (primary N) is 1. The van der Waals surface area contributed by atoms with E-state index < -0.39 is 5.91 Å². The first-order valence-electron chi connectivity index (χ1n) is 8.64. The first-order chi connectivity index (χ1) is 11.4. The number of carbonyl (C=O) groups excluding carboxylic acids is 1. The molecule has 0 aromatic rings. The van der Waals surface area contributed by atoms with Gasteiger partial charge in [-0.2, -0.15) is 0 Å². The molecule has 134 valence electrons. The minimum Gasteiger partial charge on any atom is -0.393 e. The van der Waals surface area contributed by atoms with Gasteiger partial charge in [0.2, 0.25) is 11.9 Å². The summed E-state index contributed by atoms with van der Waals surface area (Å²) in [4.78, 5) is 19.9. The Hall–Kier alpha value is -1.89. The zero-order chi connectivity index (χ0) is 17.7. The number of hydrogen-bond acceptors (Lipinski definition) is 4. The normalized spacial score (nSPS) is 28.8. The third-order valence-electron chi connectivity index (χ3n) is 4.83. The van der Waals surface area contributed by atoms with Crippen LogP contribution < -0.4 is 16.4 Å². The molecule has 7 nitrogen and oxygen atoms in total. The number of carbonyl (C=O) groups is 1. The Bertz CT molecular complexity index is 539. The number of amides is 1. The summed E-state index contributed by atoms with van der Waals surface area (Å²) in [5.74, 6) is 1.30. The summed E-state index contributed by atoms with van der Waals surface area (Å²) in [7, 11) is 0. The highest BCUT2D eigenvalue weighted by Gasteiger charge is 2.27. The van der Waals surface area contributed by atoms with Gasteiger partial charge in [-0.15, -0.1) is 0 Å². The molecule has 0 aliphatic heterocycles. The fourth-order valence-electron chi connectivity index (χ4n) is 2.75. The summed E-state index contributed by atoms with van der Waals surface area (Å²) in [6.45, 7) is 7.95. The fourth-order valence-corrected chi connectivity index (χ4v) is 2.75. The van der Waals surface area contributed by atoms with Crippen LogP contribution in [0.5, 0.6) is 0 Å². The summed E-state index contributed by atoms with van der Waals surface area (Å²) < 4.78 is 0. The van der Waals surface area contributed by atoms with Crippen LogP contribution in [0.4, 0.5) is 0 Å². The summed E-state index contributed by atoms with van der Waals surface area (Å²) in [6.07, 6.45) is 4.55. The van der Waals surface area contributed by atoms with E-state index in [2.05, 4.69) is 34.3 Å². The van der Waals surface area contributed by atoms with Crippen LogP contribution in [-0.4, -0.2) is 42.4 Å². The van der Waals surface area contributed by atoms with E-state index in [1.807, 2.05) is 0 Å². The highest BCUT2D eigenvalue weighted by Crippen LogP contribution is 2.29. The molecule has 1 amide bonds. The van der Waals surface area contributed by atoms with Gasteiger partial charge < -0.3 is 21.5 Å². The molecule has 2 rings (SSSR count). The van der Waals surface area contributed by atoms with Gasteiger partial charge in [-0.05, 0) is 57.6 Å². The second-order valence-electron chi connectivity index (χ2n) is 6.95.